The van der Waals surface area contributed by atoms with Crippen LogP contribution in [0.4, 0.5) is 15.9 Å². The van der Waals surface area contributed by atoms with Gasteiger partial charge in [-0.2, -0.15) is 0 Å². The molecule has 1 heterocycles. The highest BCUT2D eigenvalue weighted by Gasteiger charge is 2.15. The maximum absolute atomic E-state index is 14.3. The van der Waals surface area contributed by atoms with Crippen molar-refractivity contribution >= 4 is 17.4 Å². The van der Waals surface area contributed by atoms with Crippen LogP contribution in [0.1, 0.15) is 23.0 Å². The van der Waals surface area contributed by atoms with Gasteiger partial charge >= 0.3 is 0 Å². The highest BCUT2D eigenvalue weighted by Crippen LogP contribution is 2.25. The third-order valence-electron chi connectivity index (χ3n) is 3.00. The molecule has 0 saturated carbocycles. The van der Waals surface area contributed by atoms with Crippen molar-refractivity contribution < 1.29 is 13.9 Å². The van der Waals surface area contributed by atoms with Gasteiger partial charge in [0.2, 0.25) is 0 Å². The molecule has 0 spiro atoms. The maximum atomic E-state index is 14.3. The van der Waals surface area contributed by atoms with Crippen molar-refractivity contribution in [3.8, 4) is 17.6 Å². The minimum Gasteiger partial charge on any atom is -0.478 e. The summed E-state index contributed by atoms with van der Waals surface area (Å²) in [6.45, 7) is 3.49. The predicted octanol–water partition coefficient (Wildman–Crippen LogP) is 2.77. The molecule has 0 bridgehead atoms. The SMILES string of the molecule is CC#CCOc1cccc(NC(=O)c2ccc(C)nc2N)c1F. The largest absolute Gasteiger partial charge is 0.478 e. The third-order valence-corrected chi connectivity index (χ3v) is 3.00. The molecule has 0 aliphatic carbocycles. The van der Waals surface area contributed by atoms with Crippen molar-refractivity contribution in [1.29, 1.82) is 0 Å². The van der Waals surface area contributed by atoms with Gasteiger partial charge in [-0.15, -0.1) is 5.92 Å². The first kappa shape index (κ1) is 16.3. The van der Waals surface area contributed by atoms with Gasteiger partial charge in [0.25, 0.3) is 5.91 Å². The normalized spacial score (nSPS) is 9.70. The maximum Gasteiger partial charge on any atom is 0.259 e. The molecular formula is C17H16FN3O2. The number of carbonyl (C=O) groups excluding carboxylic acids is 1. The van der Waals surface area contributed by atoms with Crippen LogP contribution in [0.3, 0.4) is 0 Å². The van der Waals surface area contributed by atoms with Gasteiger partial charge in [0.1, 0.15) is 12.4 Å². The monoisotopic (exact) mass is 313 g/mol. The van der Waals surface area contributed by atoms with Gasteiger partial charge in [-0.3, -0.25) is 4.79 Å². The first-order chi connectivity index (χ1) is 11.0. The van der Waals surface area contributed by atoms with Gasteiger partial charge < -0.3 is 15.8 Å². The topological polar surface area (TPSA) is 77.2 Å². The number of pyridine rings is 1. The van der Waals surface area contributed by atoms with Gasteiger partial charge in [0.15, 0.2) is 11.6 Å². The molecule has 0 aliphatic rings. The molecule has 23 heavy (non-hydrogen) atoms. The number of rotatable bonds is 4. The van der Waals surface area contributed by atoms with Crippen LogP contribution in [-0.2, 0) is 0 Å². The molecule has 1 aromatic heterocycles. The molecule has 1 aromatic carbocycles. The van der Waals surface area contributed by atoms with E-state index in [1.165, 1.54) is 12.1 Å². The molecule has 2 rings (SSSR count). The van der Waals surface area contributed by atoms with Crippen LogP contribution < -0.4 is 15.8 Å². The van der Waals surface area contributed by atoms with E-state index in [2.05, 4.69) is 22.1 Å². The van der Waals surface area contributed by atoms with Gasteiger partial charge in [-0.1, -0.05) is 12.0 Å². The fourth-order valence-corrected chi connectivity index (χ4v) is 1.86. The van der Waals surface area contributed by atoms with E-state index in [0.717, 1.165) is 0 Å². The highest BCUT2D eigenvalue weighted by atomic mass is 19.1. The summed E-state index contributed by atoms with van der Waals surface area (Å²) in [5, 5.41) is 2.47. The number of nitrogen functional groups attached to an aromatic ring is 1. The lowest BCUT2D eigenvalue weighted by molar-refractivity contribution is 0.102. The second-order valence-electron chi connectivity index (χ2n) is 4.67. The average Bonchev–Trinajstić information content (AvgIpc) is 2.51. The summed E-state index contributed by atoms with van der Waals surface area (Å²) in [5.41, 5.74) is 6.59. The zero-order valence-electron chi connectivity index (χ0n) is 12.8. The Labute approximate surface area is 133 Å². The van der Waals surface area contributed by atoms with Crippen molar-refractivity contribution in [3.05, 3.63) is 47.4 Å². The standard InChI is InChI=1S/C17H16FN3O2/c1-3-4-10-23-14-7-5-6-13(15(14)18)21-17(22)12-9-8-11(2)20-16(12)19/h5-9H,10H2,1-2H3,(H2,19,20)(H,21,22). The van der Waals surface area contributed by atoms with Crippen molar-refractivity contribution in [2.75, 3.05) is 17.7 Å². The molecule has 0 saturated heterocycles. The van der Waals surface area contributed by atoms with E-state index in [-0.39, 0.29) is 29.4 Å². The van der Waals surface area contributed by atoms with Crippen molar-refractivity contribution in [1.82, 2.24) is 4.98 Å². The smallest absolute Gasteiger partial charge is 0.259 e. The van der Waals surface area contributed by atoms with E-state index >= 15 is 0 Å². The summed E-state index contributed by atoms with van der Waals surface area (Å²) in [6.07, 6.45) is 0. The Morgan fingerprint density at radius 2 is 2.17 bits per heavy atom. The lowest BCUT2D eigenvalue weighted by Crippen LogP contribution is -2.16. The Morgan fingerprint density at radius 3 is 2.87 bits per heavy atom. The van der Waals surface area contributed by atoms with Crippen LogP contribution >= 0.6 is 0 Å². The molecule has 0 unspecified atom stereocenters. The molecule has 3 N–H and O–H groups in total. The number of amides is 1. The van der Waals surface area contributed by atoms with Gasteiger partial charge in [-0.25, -0.2) is 9.37 Å². The Hall–Kier alpha value is -3.07. The van der Waals surface area contributed by atoms with Crippen LogP contribution in [0.25, 0.3) is 0 Å². The second kappa shape index (κ2) is 7.27. The van der Waals surface area contributed by atoms with Crippen molar-refractivity contribution in [2.45, 2.75) is 13.8 Å². The lowest BCUT2D eigenvalue weighted by Gasteiger charge is -2.11. The number of anilines is 2. The summed E-state index contributed by atoms with van der Waals surface area (Å²) in [4.78, 5) is 16.2. The molecule has 2 aromatic rings. The fourth-order valence-electron chi connectivity index (χ4n) is 1.86. The zero-order chi connectivity index (χ0) is 16.8. The molecule has 0 atom stereocenters. The zero-order valence-corrected chi connectivity index (χ0v) is 12.8. The number of hydrogen-bond acceptors (Lipinski definition) is 4. The van der Waals surface area contributed by atoms with E-state index in [1.807, 2.05) is 0 Å². The van der Waals surface area contributed by atoms with Crippen LogP contribution in [0, 0.1) is 24.6 Å². The summed E-state index contributed by atoms with van der Waals surface area (Å²) in [5.74, 6) is 4.21. The van der Waals surface area contributed by atoms with Crippen LogP contribution in [0.2, 0.25) is 0 Å². The average molecular weight is 313 g/mol. The van der Waals surface area contributed by atoms with E-state index < -0.39 is 11.7 Å². The Balaban J connectivity index is 2.20. The first-order valence-corrected chi connectivity index (χ1v) is 6.88. The number of ether oxygens (including phenoxy) is 1. The molecule has 1 amide bonds. The number of halogens is 1. The number of nitrogens with zero attached hydrogens (tertiary/aromatic N) is 1. The van der Waals surface area contributed by atoms with Gasteiger partial charge in [-0.05, 0) is 38.1 Å². The third kappa shape index (κ3) is 3.98. The Morgan fingerprint density at radius 1 is 1.39 bits per heavy atom. The minimum atomic E-state index is -0.669. The molecule has 0 radical (unpaired) electrons. The van der Waals surface area contributed by atoms with E-state index in [0.29, 0.717) is 5.69 Å². The number of nitrogens with two attached hydrogens (primary N) is 1. The highest BCUT2D eigenvalue weighted by molar-refractivity contribution is 6.07. The number of aryl methyl sites for hydroxylation is 1. The van der Waals surface area contributed by atoms with Gasteiger partial charge in [0.05, 0.1) is 11.3 Å². The molecule has 0 fully saturated rings. The molecular weight excluding hydrogens is 297 g/mol. The summed E-state index contributed by atoms with van der Waals surface area (Å²) in [7, 11) is 0. The fraction of sp³-hybridized carbons (Fsp3) is 0.176. The minimum absolute atomic E-state index is 0.00284. The lowest BCUT2D eigenvalue weighted by atomic mass is 10.2. The summed E-state index contributed by atoms with van der Waals surface area (Å²) >= 11 is 0. The summed E-state index contributed by atoms with van der Waals surface area (Å²) < 4.78 is 19.5. The van der Waals surface area contributed by atoms with E-state index in [1.54, 1.807) is 32.0 Å². The van der Waals surface area contributed by atoms with Crippen LogP contribution in [-0.4, -0.2) is 17.5 Å². The molecule has 6 heteroatoms. The number of hydrogen-bond donors (Lipinski definition) is 2. The quantitative estimate of drug-likeness (QED) is 0.851. The first-order valence-electron chi connectivity index (χ1n) is 6.88. The number of nitrogens with one attached hydrogen (secondary N) is 1. The Bertz CT molecular complexity index is 794. The predicted molar refractivity (Wildman–Crippen MR) is 86.7 cm³/mol. The van der Waals surface area contributed by atoms with Crippen LogP contribution in [0.5, 0.6) is 5.75 Å². The molecule has 5 nitrogen and oxygen atoms in total. The molecule has 118 valence electrons. The van der Waals surface area contributed by atoms with Crippen LogP contribution in [0.15, 0.2) is 30.3 Å². The van der Waals surface area contributed by atoms with Gasteiger partial charge in [0, 0.05) is 5.69 Å². The second-order valence-corrected chi connectivity index (χ2v) is 4.67. The number of aromatic nitrogens is 1. The number of carbonyl (C=O) groups is 1. The van der Waals surface area contributed by atoms with E-state index in [4.69, 9.17) is 10.5 Å². The number of benzene rings is 1. The summed E-state index contributed by atoms with van der Waals surface area (Å²) in [6, 6.07) is 7.67. The Kier molecular flexibility index (Phi) is 5.15. The van der Waals surface area contributed by atoms with Crippen molar-refractivity contribution in [3.63, 3.8) is 0 Å². The van der Waals surface area contributed by atoms with E-state index in [9.17, 15) is 9.18 Å². The van der Waals surface area contributed by atoms with Crippen molar-refractivity contribution in [2.24, 2.45) is 0 Å². The molecule has 0 aliphatic heterocycles.